The zero-order valence-corrected chi connectivity index (χ0v) is 9.44. The second-order valence-electron chi connectivity index (χ2n) is 4.13. The van der Waals surface area contributed by atoms with Gasteiger partial charge in [-0.3, -0.25) is 4.79 Å². The average molecular weight is 236 g/mol. The summed E-state index contributed by atoms with van der Waals surface area (Å²) in [5, 5.41) is 23.8. The molecule has 4 N–H and O–H groups in total. The Morgan fingerprint density at radius 1 is 1.41 bits per heavy atom. The van der Waals surface area contributed by atoms with Crippen molar-refractivity contribution in [3.05, 3.63) is 23.8 Å². The smallest absolute Gasteiger partial charge is 0.228 e. The topological polar surface area (TPSA) is 81.6 Å². The summed E-state index contributed by atoms with van der Waals surface area (Å²) < 4.78 is 0. The largest absolute Gasteiger partial charge is 0.396 e. The number of hydrogen-bond donors (Lipinski definition) is 4. The molecule has 2 rings (SSSR count). The molecule has 1 unspecified atom stereocenters. The van der Waals surface area contributed by atoms with Gasteiger partial charge in [-0.25, -0.2) is 0 Å². The van der Waals surface area contributed by atoms with Gasteiger partial charge in [0.1, 0.15) is 0 Å². The monoisotopic (exact) mass is 236 g/mol. The highest BCUT2D eigenvalue weighted by atomic mass is 16.3. The van der Waals surface area contributed by atoms with Crippen LogP contribution in [0.2, 0.25) is 0 Å². The van der Waals surface area contributed by atoms with E-state index in [4.69, 9.17) is 10.2 Å². The molecule has 92 valence electrons. The molecule has 1 aromatic carbocycles. The van der Waals surface area contributed by atoms with Gasteiger partial charge in [0, 0.05) is 18.0 Å². The lowest BCUT2D eigenvalue weighted by molar-refractivity contribution is -0.115. The first-order valence-corrected chi connectivity index (χ1v) is 5.64. The zero-order valence-electron chi connectivity index (χ0n) is 9.44. The first kappa shape index (κ1) is 11.9. The molecule has 5 nitrogen and oxygen atoms in total. The number of aliphatic hydroxyl groups excluding tert-OH is 2. The second kappa shape index (κ2) is 5.16. The van der Waals surface area contributed by atoms with Crippen LogP contribution in [0.1, 0.15) is 12.0 Å². The molecule has 17 heavy (non-hydrogen) atoms. The molecule has 0 aromatic heterocycles. The molecule has 1 atom stereocenters. The highest BCUT2D eigenvalue weighted by molar-refractivity contribution is 5.99. The van der Waals surface area contributed by atoms with Crippen LogP contribution in [0.4, 0.5) is 11.4 Å². The lowest BCUT2D eigenvalue weighted by atomic mass is 10.1. The summed E-state index contributed by atoms with van der Waals surface area (Å²) in [6.07, 6.45) is 0.888. The van der Waals surface area contributed by atoms with E-state index in [0.717, 1.165) is 16.9 Å². The van der Waals surface area contributed by atoms with E-state index < -0.39 is 0 Å². The fraction of sp³-hybridized carbons (Fsp3) is 0.417. The van der Waals surface area contributed by atoms with E-state index in [-0.39, 0.29) is 25.2 Å². The number of amides is 1. The maximum absolute atomic E-state index is 11.2. The summed E-state index contributed by atoms with van der Waals surface area (Å²) in [4.78, 5) is 11.2. The van der Waals surface area contributed by atoms with Gasteiger partial charge in [-0.1, -0.05) is 0 Å². The number of benzene rings is 1. The van der Waals surface area contributed by atoms with Gasteiger partial charge in [0.2, 0.25) is 5.91 Å². The molecule has 0 fully saturated rings. The van der Waals surface area contributed by atoms with Crippen LogP contribution in [-0.2, 0) is 11.2 Å². The van der Waals surface area contributed by atoms with Gasteiger partial charge in [-0.05, 0) is 30.2 Å². The molecule has 1 aromatic rings. The maximum Gasteiger partial charge on any atom is 0.228 e. The van der Waals surface area contributed by atoms with Crippen molar-refractivity contribution in [2.24, 2.45) is 0 Å². The lowest BCUT2D eigenvalue weighted by Crippen LogP contribution is -2.24. The molecule has 1 heterocycles. The van der Waals surface area contributed by atoms with E-state index in [0.29, 0.717) is 12.8 Å². The molecule has 1 aliphatic heterocycles. The third-order valence-corrected chi connectivity index (χ3v) is 2.80. The quantitative estimate of drug-likeness (QED) is 0.594. The Morgan fingerprint density at radius 2 is 2.24 bits per heavy atom. The van der Waals surface area contributed by atoms with Gasteiger partial charge in [0.25, 0.3) is 0 Å². The summed E-state index contributed by atoms with van der Waals surface area (Å²) in [5.41, 5.74) is 2.66. The van der Waals surface area contributed by atoms with Gasteiger partial charge < -0.3 is 20.8 Å². The number of anilines is 2. The SMILES string of the molecule is O=C1Cc2cc(NC(CO)CCO)ccc2N1. The summed E-state index contributed by atoms with van der Waals surface area (Å²) >= 11 is 0. The molecule has 1 aliphatic rings. The highest BCUT2D eigenvalue weighted by Gasteiger charge is 2.17. The van der Waals surface area contributed by atoms with Crippen molar-refractivity contribution in [1.29, 1.82) is 0 Å². The molecular formula is C12H16N2O3. The summed E-state index contributed by atoms with van der Waals surface area (Å²) in [6, 6.07) is 5.43. The molecule has 0 aliphatic carbocycles. The zero-order chi connectivity index (χ0) is 12.3. The molecule has 0 saturated heterocycles. The summed E-state index contributed by atoms with van der Waals surface area (Å²) in [6.45, 7) is -0.00195. The second-order valence-corrected chi connectivity index (χ2v) is 4.13. The van der Waals surface area contributed by atoms with Gasteiger partial charge >= 0.3 is 0 Å². The van der Waals surface area contributed by atoms with Crippen LogP contribution in [0.3, 0.4) is 0 Å². The van der Waals surface area contributed by atoms with Crippen LogP contribution < -0.4 is 10.6 Å². The van der Waals surface area contributed by atoms with E-state index in [1.807, 2.05) is 18.2 Å². The Bertz CT molecular complexity index is 420. The minimum absolute atomic E-state index is 0.00576. The van der Waals surface area contributed by atoms with Gasteiger partial charge in [0.15, 0.2) is 0 Å². The number of aliphatic hydroxyl groups is 2. The van der Waals surface area contributed by atoms with Crippen molar-refractivity contribution in [1.82, 2.24) is 0 Å². The van der Waals surface area contributed by atoms with Crippen LogP contribution in [0, 0.1) is 0 Å². The molecule has 0 bridgehead atoms. The van der Waals surface area contributed by atoms with Crippen LogP contribution in [-0.4, -0.2) is 35.4 Å². The van der Waals surface area contributed by atoms with E-state index in [1.54, 1.807) is 0 Å². The van der Waals surface area contributed by atoms with Gasteiger partial charge in [0.05, 0.1) is 19.1 Å². The number of fused-ring (bicyclic) bond motifs is 1. The van der Waals surface area contributed by atoms with E-state index in [2.05, 4.69) is 10.6 Å². The van der Waals surface area contributed by atoms with Gasteiger partial charge in [-0.2, -0.15) is 0 Å². The molecule has 0 radical (unpaired) electrons. The Kier molecular flexibility index (Phi) is 3.61. The standard InChI is InChI=1S/C12H16N2O3/c15-4-3-10(7-16)13-9-1-2-11-8(5-9)6-12(17)14-11/h1-2,5,10,13,15-16H,3-4,6-7H2,(H,14,17). The van der Waals surface area contributed by atoms with Crippen molar-refractivity contribution in [3.8, 4) is 0 Å². The fourth-order valence-corrected chi connectivity index (χ4v) is 1.92. The fourth-order valence-electron chi connectivity index (χ4n) is 1.92. The predicted molar refractivity (Wildman–Crippen MR) is 65.0 cm³/mol. The molecule has 0 spiro atoms. The highest BCUT2D eigenvalue weighted by Crippen LogP contribution is 2.26. The maximum atomic E-state index is 11.2. The molecule has 1 amide bonds. The third-order valence-electron chi connectivity index (χ3n) is 2.80. The average Bonchev–Trinajstić information content (AvgIpc) is 2.68. The Balaban J connectivity index is 2.08. The van der Waals surface area contributed by atoms with E-state index in [1.165, 1.54) is 0 Å². The number of hydrogen-bond acceptors (Lipinski definition) is 4. The number of nitrogens with one attached hydrogen (secondary N) is 2. The number of rotatable bonds is 5. The third kappa shape index (κ3) is 2.75. The van der Waals surface area contributed by atoms with Crippen molar-refractivity contribution in [3.63, 3.8) is 0 Å². The van der Waals surface area contributed by atoms with Crippen molar-refractivity contribution < 1.29 is 15.0 Å². The molecule has 0 saturated carbocycles. The van der Waals surface area contributed by atoms with E-state index >= 15 is 0 Å². The first-order valence-electron chi connectivity index (χ1n) is 5.64. The molecular weight excluding hydrogens is 220 g/mol. The van der Waals surface area contributed by atoms with Crippen molar-refractivity contribution in [2.75, 3.05) is 23.8 Å². The van der Waals surface area contributed by atoms with Crippen LogP contribution >= 0.6 is 0 Å². The van der Waals surface area contributed by atoms with E-state index in [9.17, 15) is 4.79 Å². The number of carbonyl (C=O) groups excluding carboxylic acids is 1. The first-order chi connectivity index (χ1) is 8.22. The minimum Gasteiger partial charge on any atom is -0.396 e. The number of carbonyl (C=O) groups is 1. The Hall–Kier alpha value is -1.59. The predicted octanol–water partition coefficient (Wildman–Crippen LogP) is 0.336. The lowest BCUT2D eigenvalue weighted by Gasteiger charge is -2.16. The van der Waals surface area contributed by atoms with Crippen molar-refractivity contribution >= 4 is 17.3 Å². The molecule has 5 heteroatoms. The Labute approximate surface area is 99.5 Å². The Morgan fingerprint density at radius 3 is 2.94 bits per heavy atom. The summed E-state index contributed by atoms with van der Waals surface area (Å²) in [7, 11) is 0. The van der Waals surface area contributed by atoms with Crippen molar-refractivity contribution in [2.45, 2.75) is 18.9 Å². The summed E-state index contributed by atoms with van der Waals surface area (Å²) in [5.74, 6) is 0.00576. The van der Waals surface area contributed by atoms with Crippen LogP contribution in [0.25, 0.3) is 0 Å². The minimum atomic E-state index is -0.164. The van der Waals surface area contributed by atoms with Crippen LogP contribution in [0.15, 0.2) is 18.2 Å². The normalized spacial score (nSPS) is 15.3. The van der Waals surface area contributed by atoms with Gasteiger partial charge in [-0.15, -0.1) is 0 Å². The van der Waals surface area contributed by atoms with Crippen LogP contribution in [0.5, 0.6) is 0 Å².